The van der Waals surface area contributed by atoms with Gasteiger partial charge in [0.1, 0.15) is 6.04 Å². The van der Waals surface area contributed by atoms with Crippen LogP contribution in [-0.4, -0.2) is 29.8 Å². The Hall–Kier alpha value is -1.24. The molecule has 7 heteroatoms. The molecule has 1 aliphatic heterocycles. The van der Waals surface area contributed by atoms with E-state index in [2.05, 4.69) is 4.99 Å². The Labute approximate surface area is 132 Å². The zero-order valence-electron chi connectivity index (χ0n) is 10.8. The summed E-state index contributed by atoms with van der Waals surface area (Å²) >= 11 is 0. The molecule has 0 spiro atoms. The maximum atomic E-state index is 11.0. The van der Waals surface area contributed by atoms with Gasteiger partial charge in [-0.25, -0.2) is 4.79 Å². The van der Waals surface area contributed by atoms with Crippen molar-refractivity contribution in [2.75, 3.05) is 6.79 Å². The van der Waals surface area contributed by atoms with Crippen LogP contribution in [0.3, 0.4) is 0 Å². The van der Waals surface area contributed by atoms with Crippen molar-refractivity contribution >= 4 is 11.9 Å². The first-order chi connectivity index (χ1) is 8.56. The Kier molecular flexibility index (Phi) is 5.65. The second kappa shape index (κ2) is 6.79. The van der Waals surface area contributed by atoms with Gasteiger partial charge in [0.2, 0.25) is 6.79 Å². The van der Waals surface area contributed by atoms with Crippen molar-refractivity contribution in [1.82, 2.24) is 0 Å². The van der Waals surface area contributed by atoms with E-state index in [0.717, 1.165) is 5.56 Å². The average molecular weight is 273 g/mol. The van der Waals surface area contributed by atoms with Gasteiger partial charge >= 0.3 is 35.5 Å². The normalized spacial score (nSPS) is 14.7. The van der Waals surface area contributed by atoms with Crippen LogP contribution in [0.1, 0.15) is 12.5 Å². The molecule has 2 rings (SSSR count). The van der Waals surface area contributed by atoms with Gasteiger partial charge in [0.25, 0.3) is 0 Å². The molecule has 1 unspecified atom stereocenters. The molecular formula is C12H12NNaO5. The number of nitrogens with zero attached hydrogens (tertiary/aromatic N) is 1. The minimum atomic E-state index is -1.12. The van der Waals surface area contributed by atoms with Crippen LogP contribution in [0.4, 0.5) is 0 Å². The summed E-state index contributed by atoms with van der Waals surface area (Å²) < 4.78 is 10.3. The van der Waals surface area contributed by atoms with Crippen LogP contribution in [0.15, 0.2) is 23.2 Å². The fourth-order valence-electron chi connectivity index (χ4n) is 1.70. The van der Waals surface area contributed by atoms with Crippen molar-refractivity contribution in [3.05, 3.63) is 23.8 Å². The van der Waals surface area contributed by atoms with Crippen LogP contribution in [0.25, 0.3) is 0 Å². The minimum Gasteiger partial charge on any atom is -0.862 e. The molecule has 1 N–H and O–H groups in total. The van der Waals surface area contributed by atoms with Crippen molar-refractivity contribution in [3.8, 4) is 11.5 Å². The van der Waals surface area contributed by atoms with E-state index >= 15 is 0 Å². The SMILES string of the molecule is CC([O-])=NC(Cc1ccc2c(c1)OCO2)C(=O)O.[Na+]. The largest absolute Gasteiger partial charge is 1.00 e. The fraction of sp³-hybridized carbons (Fsp3) is 0.333. The molecule has 1 atom stereocenters. The zero-order valence-corrected chi connectivity index (χ0v) is 12.8. The third-order valence-electron chi connectivity index (χ3n) is 2.49. The van der Waals surface area contributed by atoms with Crippen LogP contribution < -0.4 is 44.1 Å². The number of aliphatic carboxylic acids is 1. The van der Waals surface area contributed by atoms with E-state index in [1.54, 1.807) is 18.2 Å². The van der Waals surface area contributed by atoms with E-state index in [9.17, 15) is 9.90 Å². The second-order valence-corrected chi connectivity index (χ2v) is 3.89. The summed E-state index contributed by atoms with van der Waals surface area (Å²) in [5, 5.41) is 19.8. The number of benzene rings is 1. The maximum absolute atomic E-state index is 11.0. The molecule has 0 fully saturated rings. The number of carboxylic acids is 1. The Bertz CT molecular complexity index is 499. The van der Waals surface area contributed by atoms with E-state index in [1.807, 2.05) is 0 Å². The quantitative estimate of drug-likeness (QED) is 0.363. The molecule has 19 heavy (non-hydrogen) atoms. The summed E-state index contributed by atoms with van der Waals surface area (Å²) in [5.41, 5.74) is 0.733. The Morgan fingerprint density at radius 2 is 2.16 bits per heavy atom. The third-order valence-corrected chi connectivity index (χ3v) is 2.49. The van der Waals surface area contributed by atoms with Crippen molar-refractivity contribution in [2.45, 2.75) is 19.4 Å². The molecule has 6 nitrogen and oxygen atoms in total. The molecule has 0 aromatic heterocycles. The first-order valence-corrected chi connectivity index (χ1v) is 5.39. The van der Waals surface area contributed by atoms with Crippen LogP contribution in [0.2, 0.25) is 0 Å². The molecule has 0 aliphatic carbocycles. The minimum absolute atomic E-state index is 0. The molecule has 0 saturated heterocycles. The first kappa shape index (κ1) is 15.8. The summed E-state index contributed by atoms with van der Waals surface area (Å²) in [5.74, 6) is -0.403. The van der Waals surface area contributed by atoms with E-state index in [-0.39, 0.29) is 42.8 Å². The standard InChI is InChI=1S/C12H13NO5.Na/c1-7(14)13-9(12(15)16)4-8-2-3-10-11(5-8)18-6-17-10;/h2-3,5,9H,4,6H2,1H3,(H,13,14)(H,15,16);/q;+1/p-1. The molecule has 1 heterocycles. The second-order valence-electron chi connectivity index (χ2n) is 3.89. The molecule has 96 valence electrons. The fourth-order valence-corrected chi connectivity index (χ4v) is 1.70. The van der Waals surface area contributed by atoms with Crippen molar-refractivity contribution in [1.29, 1.82) is 0 Å². The number of hydrogen-bond acceptors (Lipinski definition) is 5. The van der Waals surface area contributed by atoms with Gasteiger partial charge in [-0.15, -0.1) is 0 Å². The zero-order chi connectivity index (χ0) is 13.1. The van der Waals surface area contributed by atoms with Gasteiger partial charge in [0.05, 0.1) is 0 Å². The Morgan fingerprint density at radius 1 is 1.47 bits per heavy atom. The van der Waals surface area contributed by atoms with Crippen LogP contribution in [0.5, 0.6) is 11.5 Å². The number of rotatable bonds is 4. The van der Waals surface area contributed by atoms with Gasteiger partial charge in [-0.3, -0.25) is 4.99 Å². The number of carboxylic acid groups (broad SMARTS) is 1. The van der Waals surface area contributed by atoms with Crippen molar-refractivity contribution in [2.24, 2.45) is 4.99 Å². The third kappa shape index (κ3) is 4.12. The summed E-state index contributed by atoms with van der Waals surface area (Å²) in [4.78, 5) is 14.5. The molecule has 0 saturated carbocycles. The molecule has 1 aromatic carbocycles. The monoisotopic (exact) mass is 273 g/mol. The van der Waals surface area contributed by atoms with Gasteiger partial charge in [-0.2, -0.15) is 0 Å². The molecular weight excluding hydrogens is 261 g/mol. The molecule has 0 radical (unpaired) electrons. The summed E-state index contributed by atoms with van der Waals surface area (Å²) in [7, 11) is 0. The van der Waals surface area contributed by atoms with Crippen LogP contribution in [-0.2, 0) is 11.2 Å². The molecule has 1 aliphatic rings. The van der Waals surface area contributed by atoms with E-state index < -0.39 is 17.9 Å². The van der Waals surface area contributed by atoms with Gasteiger partial charge in [0, 0.05) is 6.42 Å². The summed E-state index contributed by atoms with van der Waals surface area (Å²) in [6.45, 7) is 1.40. The maximum Gasteiger partial charge on any atom is 1.00 e. The number of hydrogen-bond donors (Lipinski definition) is 1. The van der Waals surface area contributed by atoms with Gasteiger partial charge in [-0.05, 0) is 30.5 Å². The molecule has 0 bridgehead atoms. The van der Waals surface area contributed by atoms with E-state index in [4.69, 9.17) is 14.6 Å². The summed E-state index contributed by atoms with van der Waals surface area (Å²) in [6, 6.07) is 4.08. The smallest absolute Gasteiger partial charge is 0.862 e. The number of fused-ring (bicyclic) bond motifs is 1. The topological polar surface area (TPSA) is 91.2 Å². The first-order valence-electron chi connectivity index (χ1n) is 5.39. The predicted molar refractivity (Wildman–Crippen MR) is 60.8 cm³/mol. The van der Waals surface area contributed by atoms with Crippen LogP contribution >= 0.6 is 0 Å². The van der Waals surface area contributed by atoms with Gasteiger partial charge in [0.15, 0.2) is 11.5 Å². The molecule has 1 aromatic rings. The summed E-state index contributed by atoms with van der Waals surface area (Å²) in [6.07, 6.45) is 0.144. The Balaban J connectivity index is 0.00000180. The number of aliphatic imine (C=N–C) groups is 1. The number of carbonyl (C=O) groups is 1. The van der Waals surface area contributed by atoms with Gasteiger partial charge < -0.3 is 19.7 Å². The number of ether oxygens (including phenoxy) is 2. The van der Waals surface area contributed by atoms with Crippen molar-refractivity contribution in [3.63, 3.8) is 0 Å². The van der Waals surface area contributed by atoms with E-state index in [0.29, 0.717) is 11.5 Å². The van der Waals surface area contributed by atoms with Crippen LogP contribution in [0, 0.1) is 0 Å². The van der Waals surface area contributed by atoms with Gasteiger partial charge in [-0.1, -0.05) is 6.07 Å². The van der Waals surface area contributed by atoms with E-state index in [1.165, 1.54) is 6.92 Å². The molecule has 0 amide bonds. The average Bonchev–Trinajstić information content (AvgIpc) is 2.74. The predicted octanol–water partition coefficient (Wildman–Crippen LogP) is -2.81. The van der Waals surface area contributed by atoms with Crippen molar-refractivity contribution < 1.29 is 54.0 Å². The Morgan fingerprint density at radius 3 is 2.79 bits per heavy atom.